The third kappa shape index (κ3) is 5.95. The van der Waals surface area contributed by atoms with Gasteiger partial charge in [0, 0.05) is 24.2 Å². The van der Waals surface area contributed by atoms with E-state index in [1.54, 1.807) is 18.2 Å². The zero-order valence-corrected chi connectivity index (χ0v) is 16.2. The largest absolute Gasteiger partial charge is 0.481 e. The van der Waals surface area contributed by atoms with Gasteiger partial charge in [-0.05, 0) is 43.7 Å². The smallest absolute Gasteiger partial charge is 0.269 e. The van der Waals surface area contributed by atoms with Gasteiger partial charge in [-0.25, -0.2) is 0 Å². The molecule has 0 aliphatic carbocycles. The van der Waals surface area contributed by atoms with Gasteiger partial charge in [0.05, 0.1) is 15.6 Å². The third-order valence-electron chi connectivity index (χ3n) is 3.71. The van der Waals surface area contributed by atoms with Crippen molar-refractivity contribution in [3.8, 4) is 5.75 Å². The molecule has 9 heteroatoms. The van der Waals surface area contributed by atoms with Crippen LogP contribution in [0.2, 0.25) is 5.02 Å². The van der Waals surface area contributed by atoms with Crippen LogP contribution in [0.15, 0.2) is 42.5 Å². The number of nitrogens with zero attached hydrogens (tertiary/aromatic N) is 1. The molecule has 0 aliphatic rings. The Balaban J connectivity index is 2.02. The number of halogens is 1. The first-order valence-electron chi connectivity index (χ1n) is 8.61. The van der Waals surface area contributed by atoms with Gasteiger partial charge in [0.2, 0.25) is 5.91 Å². The molecule has 2 aromatic carbocycles. The second-order valence-electron chi connectivity index (χ2n) is 5.99. The van der Waals surface area contributed by atoms with Crippen LogP contribution in [0.5, 0.6) is 5.75 Å². The molecule has 1 unspecified atom stereocenters. The van der Waals surface area contributed by atoms with Crippen LogP contribution in [-0.2, 0) is 9.59 Å². The van der Waals surface area contributed by atoms with Gasteiger partial charge >= 0.3 is 0 Å². The summed E-state index contributed by atoms with van der Waals surface area (Å²) in [6.07, 6.45) is 0.237. The van der Waals surface area contributed by atoms with E-state index in [-0.39, 0.29) is 11.6 Å². The van der Waals surface area contributed by atoms with Crippen molar-refractivity contribution in [2.24, 2.45) is 0 Å². The van der Waals surface area contributed by atoms with E-state index in [2.05, 4.69) is 10.6 Å². The predicted octanol–water partition coefficient (Wildman–Crippen LogP) is 4.39. The number of nitro groups is 1. The number of nitro benzene ring substituents is 1. The Labute approximate surface area is 167 Å². The molecule has 0 aliphatic heterocycles. The van der Waals surface area contributed by atoms with Gasteiger partial charge in [-0.2, -0.15) is 0 Å². The number of hydrogen-bond donors (Lipinski definition) is 2. The maximum atomic E-state index is 12.4. The number of amides is 2. The summed E-state index contributed by atoms with van der Waals surface area (Å²) in [5.74, 6) is -0.269. The van der Waals surface area contributed by atoms with Gasteiger partial charge in [-0.1, -0.05) is 18.5 Å². The summed E-state index contributed by atoms with van der Waals surface area (Å²) in [6.45, 7) is 3.44. The average molecular weight is 406 g/mol. The van der Waals surface area contributed by atoms with Crippen molar-refractivity contribution in [2.75, 3.05) is 10.6 Å². The summed E-state index contributed by atoms with van der Waals surface area (Å²) < 4.78 is 5.50. The minimum atomic E-state index is -0.879. The van der Waals surface area contributed by atoms with Gasteiger partial charge in [0.15, 0.2) is 6.10 Å². The molecule has 0 saturated carbocycles. The zero-order chi connectivity index (χ0) is 20.7. The molecule has 0 bridgehead atoms. The van der Waals surface area contributed by atoms with E-state index in [4.69, 9.17) is 16.3 Å². The molecule has 0 saturated heterocycles. The Morgan fingerprint density at radius 2 is 1.86 bits per heavy atom. The van der Waals surface area contributed by atoms with Gasteiger partial charge in [0.25, 0.3) is 11.6 Å². The summed E-state index contributed by atoms with van der Waals surface area (Å²) in [7, 11) is 0. The number of anilines is 2. The van der Waals surface area contributed by atoms with Crippen LogP contribution in [0.1, 0.15) is 26.7 Å². The Kier molecular flexibility index (Phi) is 7.34. The van der Waals surface area contributed by atoms with Crippen LogP contribution in [0, 0.1) is 10.1 Å². The lowest BCUT2D eigenvalue weighted by molar-refractivity contribution is -0.384. The van der Waals surface area contributed by atoms with E-state index in [0.717, 1.165) is 6.42 Å². The second-order valence-corrected chi connectivity index (χ2v) is 6.40. The molecule has 0 spiro atoms. The van der Waals surface area contributed by atoms with Crippen molar-refractivity contribution in [2.45, 2.75) is 32.8 Å². The predicted molar refractivity (Wildman–Crippen MR) is 107 cm³/mol. The Morgan fingerprint density at radius 3 is 2.46 bits per heavy atom. The summed E-state index contributed by atoms with van der Waals surface area (Å²) in [5, 5.41) is 16.4. The second kappa shape index (κ2) is 9.70. The first-order valence-corrected chi connectivity index (χ1v) is 8.99. The fourth-order valence-electron chi connectivity index (χ4n) is 2.29. The van der Waals surface area contributed by atoms with Crippen molar-refractivity contribution in [3.05, 3.63) is 57.6 Å². The van der Waals surface area contributed by atoms with Gasteiger partial charge in [-0.15, -0.1) is 0 Å². The zero-order valence-electron chi connectivity index (χ0n) is 15.4. The molecule has 2 amide bonds. The van der Waals surface area contributed by atoms with Gasteiger partial charge in [-0.3, -0.25) is 19.7 Å². The molecule has 28 heavy (non-hydrogen) atoms. The molecular weight excluding hydrogens is 386 g/mol. The standard InChI is InChI=1S/C19H20ClN3O5/c1-3-4-18(24)21-13-5-10-16(20)17(11-13)22-19(25)12(2)28-15-8-6-14(7-9-15)23(26)27/h5-12H,3-4H2,1-2H3,(H,21,24)(H,22,25). The molecule has 2 rings (SSSR count). The van der Waals surface area contributed by atoms with Crippen LogP contribution in [0.3, 0.4) is 0 Å². The van der Waals surface area contributed by atoms with Crippen molar-refractivity contribution >= 4 is 40.5 Å². The number of rotatable bonds is 8. The van der Waals surface area contributed by atoms with Gasteiger partial charge in [0.1, 0.15) is 5.75 Å². The topological polar surface area (TPSA) is 111 Å². The van der Waals surface area contributed by atoms with E-state index < -0.39 is 16.9 Å². The van der Waals surface area contributed by atoms with E-state index in [1.807, 2.05) is 6.92 Å². The lowest BCUT2D eigenvalue weighted by Crippen LogP contribution is -2.30. The Bertz CT molecular complexity index is 870. The molecule has 2 N–H and O–H groups in total. The Morgan fingerprint density at radius 1 is 1.18 bits per heavy atom. The molecule has 8 nitrogen and oxygen atoms in total. The fourth-order valence-corrected chi connectivity index (χ4v) is 2.45. The Hall–Kier alpha value is -3.13. The van der Waals surface area contributed by atoms with E-state index in [1.165, 1.54) is 31.2 Å². The number of carbonyl (C=O) groups excluding carboxylic acids is 2. The maximum Gasteiger partial charge on any atom is 0.269 e. The average Bonchev–Trinajstić information content (AvgIpc) is 2.65. The van der Waals surface area contributed by atoms with Crippen LogP contribution in [-0.4, -0.2) is 22.8 Å². The summed E-state index contributed by atoms with van der Waals surface area (Å²) in [5.41, 5.74) is 0.778. The lowest BCUT2D eigenvalue weighted by Gasteiger charge is -2.16. The molecule has 2 aromatic rings. The van der Waals surface area contributed by atoms with Crippen molar-refractivity contribution < 1.29 is 19.2 Å². The van der Waals surface area contributed by atoms with E-state index in [9.17, 15) is 19.7 Å². The van der Waals surface area contributed by atoms with Crippen LogP contribution >= 0.6 is 11.6 Å². The minimum absolute atomic E-state index is 0.0711. The lowest BCUT2D eigenvalue weighted by atomic mass is 10.2. The number of ether oxygens (including phenoxy) is 1. The molecular formula is C19H20ClN3O5. The van der Waals surface area contributed by atoms with Crippen molar-refractivity contribution in [1.82, 2.24) is 0 Å². The summed E-state index contributed by atoms with van der Waals surface area (Å²) >= 11 is 6.12. The van der Waals surface area contributed by atoms with E-state index >= 15 is 0 Å². The molecule has 0 radical (unpaired) electrons. The van der Waals surface area contributed by atoms with Crippen LogP contribution < -0.4 is 15.4 Å². The molecule has 0 fully saturated rings. The van der Waals surface area contributed by atoms with Crippen LogP contribution in [0.4, 0.5) is 17.1 Å². The number of nitrogens with one attached hydrogen (secondary N) is 2. The highest BCUT2D eigenvalue weighted by molar-refractivity contribution is 6.34. The highest BCUT2D eigenvalue weighted by Crippen LogP contribution is 2.26. The first-order chi connectivity index (χ1) is 13.3. The molecule has 148 valence electrons. The molecule has 0 aromatic heterocycles. The normalized spacial score (nSPS) is 11.4. The van der Waals surface area contributed by atoms with Crippen molar-refractivity contribution in [1.29, 1.82) is 0 Å². The van der Waals surface area contributed by atoms with Crippen molar-refractivity contribution in [3.63, 3.8) is 0 Å². The number of non-ortho nitro benzene ring substituents is 1. The monoisotopic (exact) mass is 405 g/mol. The van der Waals surface area contributed by atoms with Crippen LogP contribution in [0.25, 0.3) is 0 Å². The SMILES string of the molecule is CCCC(=O)Nc1ccc(Cl)c(NC(=O)C(C)Oc2ccc([N+](=O)[O-])cc2)c1. The summed E-state index contributed by atoms with van der Waals surface area (Å²) in [6, 6.07) is 10.2. The van der Waals surface area contributed by atoms with Gasteiger partial charge < -0.3 is 15.4 Å². The molecule has 0 heterocycles. The third-order valence-corrected chi connectivity index (χ3v) is 4.04. The highest BCUT2D eigenvalue weighted by atomic mass is 35.5. The van der Waals surface area contributed by atoms with E-state index in [0.29, 0.717) is 28.6 Å². The molecule has 1 atom stereocenters. The highest BCUT2D eigenvalue weighted by Gasteiger charge is 2.17. The first kappa shape index (κ1) is 21.2. The quantitative estimate of drug-likeness (QED) is 0.499. The summed E-state index contributed by atoms with van der Waals surface area (Å²) in [4.78, 5) is 34.3. The number of hydrogen-bond acceptors (Lipinski definition) is 5. The minimum Gasteiger partial charge on any atom is -0.481 e. The maximum absolute atomic E-state index is 12.4. The number of benzene rings is 2. The fraction of sp³-hybridized carbons (Fsp3) is 0.263. The number of carbonyl (C=O) groups is 2.